The quantitative estimate of drug-likeness (QED) is 0.432. The number of likely N-dealkylation sites (tertiary alicyclic amines) is 1. The molecule has 0 amide bonds. The molecule has 0 aliphatic carbocycles. The van der Waals surface area contributed by atoms with E-state index < -0.39 is 0 Å². The van der Waals surface area contributed by atoms with E-state index >= 15 is 0 Å². The highest BCUT2D eigenvalue weighted by Gasteiger charge is 2.26. The molecule has 2 saturated heterocycles. The predicted octanol–water partition coefficient (Wildman–Crippen LogP) is 1.95. The molecule has 0 radical (unpaired) electrons. The van der Waals surface area contributed by atoms with Crippen LogP contribution in [0.4, 0.5) is 5.69 Å². The molecule has 2 heterocycles. The van der Waals surface area contributed by atoms with Crippen molar-refractivity contribution in [3.63, 3.8) is 0 Å². The van der Waals surface area contributed by atoms with E-state index in [2.05, 4.69) is 39.5 Å². The Kier molecular flexibility index (Phi) is 9.09. The molecule has 0 bridgehead atoms. The topological polar surface area (TPSA) is 70.6 Å². The molecular formula is C23H39N5O3. The summed E-state index contributed by atoms with van der Waals surface area (Å²) < 4.78 is 16.1. The first-order valence-electron chi connectivity index (χ1n) is 11.4. The third kappa shape index (κ3) is 6.64. The molecular weight excluding hydrogens is 394 g/mol. The van der Waals surface area contributed by atoms with Crippen LogP contribution in [0.3, 0.4) is 0 Å². The molecule has 2 aliphatic rings. The van der Waals surface area contributed by atoms with Crippen molar-refractivity contribution in [3.8, 4) is 11.5 Å². The third-order valence-electron chi connectivity index (χ3n) is 6.12. The highest BCUT2D eigenvalue weighted by molar-refractivity contribution is 5.80. The second kappa shape index (κ2) is 12.0. The monoisotopic (exact) mass is 433 g/mol. The predicted molar refractivity (Wildman–Crippen MR) is 126 cm³/mol. The van der Waals surface area contributed by atoms with Gasteiger partial charge in [-0.05, 0) is 32.7 Å². The van der Waals surface area contributed by atoms with Crippen LogP contribution in [0.5, 0.6) is 11.5 Å². The molecule has 2 fully saturated rings. The van der Waals surface area contributed by atoms with Crippen LogP contribution in [0.1, 0.15) is 26.2 Å². The summed E-state index contributed by atoms with van der Waals surface area (Å²) >= 11 is 0. The van der Waals surface area contributed by atoms with Crippen LogP contribution >= 0.6 is 0 Å². The smallest absolute Gasteiger partial charge is 0.191 e. The first kappa shape index (κ1) is 23.5. The summed E-state index contributed by atoms with van der Waals surface area (Å²) in [5.41, 5.74) is 1.13. The van der Waals surface area contributed by atoms with Gasteiger partial charge in [-0.25, -0.2) is 0 Å². The molecule has 2 unspecified atom stereocenters. The van der Waals surface area contributed by atoms with Gasteiger partial charge in [0.1, 0.15) is 11.5 Å². The Hall–Kier alpha value is -2.19. The average Bonchev–Trinajstić information content (AvgIpc) is 3.45. The van der Waals surface area contributed by atoms with Gasteiger partial charge >= 0.3 is 0 Å². The van der Waals surface area contributed by atoms with Crippen LogP contribution in [0, 0.1) is 0 Å². The molecule has 0 spiro atoms. The van der Waals surface area contributed by atoms with Gasteiger partial charge in [0.05, 0.1) is 27.4 Å². The van der Waals surface area contributed by atoms with E-state index in [0.29, 0.717) is 12.1 Å². The Balaban J connectivity index is 1.58. The SMILES string of the molecule is CCNC(=NCC1CCCN1CCOC)NC1CCN(c2cc(OC)cc(OC)c2)C1. The number of aliphatic imine (C=N–C) groups is 1. The highest BCUT2D eigenvalue weighted by Crippen LogP contribution is 2.30. The van der Waals surface area contributed by atoms with Crippen molar-refractivity contribution >= 4 is 11.6 Å². The molecule has 1 aromatic carbocycles. The molecule has 2 atom stereocenters. The van der Waals surface area contributed by atoms with Crippen LogP contribution in [0.2, 0.25) is 0 Å². The van der Waals surface area contributed by atoms with Gasteiger partial charge in [-0.3, -0.25) is 9.89 Å². The average molecular weight is 434 g/mol. The molecule has 0 saturated carbocycles. The lowest BCUT2D eigenvalue weighted by Gasteiger charge is -2.24. The lowest BCUT2D eigenvalue weighted by Crippen LogP contribution is -2.45. The fraction of sp³-hybridized carbons (Fsp3) is 0.696. The summed E-state index contributed by atoms with van der Waals surface area (Å²) in [6, 6.07) is 6.90. The standard InChI is InChI=1S/C23H39N5O3/c1-5-24-23(25-16-19-7-6-9-27(19)11-12-29-2)26-18-8-10-28(17-18)20-13-21(30-3)15-22(14-20)31-4/h13-15,18-19H,5-12,16-17H2,1-4H3,(H2,24,25,26). The summed E-state index contributed by atoms with van der Waals surface area (Å²) in [6.45, 7) is 8.62. The number of benzene rings is 1. The minimum atomic E-state index is 0.350. The van der Waals surface area contributed by atoms with Crippen molar-refractivity contribution < 1.29 is 14.2 Å². The summed E-state index contributed by atoms with van der Waals surface area (Å²) in [4.78, 5) is 9.80. The van der Waals surface area contributed by atoms with Crippen LogP contribution in [-0.4, -0.2) is 90.1 Å². The highest BCUT2D eigenvalue weighted by atomic mass is 16.5. The largest absolute Gasteiger partial charge is 0.497 e. The zero-order valence-electron chi connectivity index (χ0n) is 19.5. The number of anilines is 1. The zero-order valence-corrected chi connectivity index (χ0v) is 19.5. The lowest BCUT2D eigenvalue weighted by atomic mass is 10.2. The maximum Gasteiger partial charge on any atom is 0.191 e. The van der Waals surface area contributed by atoms with Crippen molar-refractivity contribution in [3.05, 3.63) is 18.2 Å². The molecule has 31 heavy (non-hydrogen) atoms. The van der Waals surface area contributed by atoms with Gasteiger partial charge in [0.25, 0.3) is 0 Å². The fourth-order valence-corrected chi connectivity index (χ4v) is 4.40. The Morgan fingerprint density at radius 1 is 1.10 bits per heavy atom. The Morgan fingerprint density at radius 3 is 2.55 bits per heavy atom. The minimum Gasteiger partial charge on any atom is -0.497 e. The molecule has 2 N–H and O–H groups in total. The molecule has 0 aromatic heterocycles. The van der Waals surface area contributed by atoms with E-state index in [9.17, 15) is 0 Å². The van der Waals surface area contributed by atoms with Gasteiger partial charge in [0, 0.05) is 69.3 Å². The van der Waals surface area contributed by atoms with E-state index in [1.54, 1.807) is 21.3 Å². The first-order valence-corrected chi connectivity index (χ1v) is 11.4. The number of guanidine groups is 1. The molecule has 8 nitrogen and oxygen atoms in total. The van der Waals surface area contributed by atoms with Crippen LogP contribution < -0.4 is 25.0 Å². The maximum absolute atomic E-state index is 5.43. The maximum atomic E-state index is 5.43. The summed E-state index contributed by atoms with van der Waals surface area (Å²) in [6.07, 6.45) is 3.52. The molecule has 1 aromatic rings. The summed E-state index contributed by atoms with van der Waals surface area (Å²) in [5, 5.41) is 7.07. The Labute approximate surface area is 186 Å². The second-order valence-corrected chi connectivity index (χ2v) is 8.19. The van der Waals surface area contributed by atoms with Gasteiger partial charge in [-0.2, -0.15) is 0 Å². The van der Waals surface area contributed by atoms with Crippen molar-refractivity contribution in [1.29, 1.82) is 0 Å². The zero-order chi connectivity index (χ0) is 22.1. The number of hydrogen-bond acceptors (Lipinski definition) is 6. The van der Waals surface area contributed by atoms with E-state index in [0.717, 1.165) is 75.4 Å². The number of nitrogens with zero attached hydrogens (tertiary/aromatic N) is 3. The summed E-state index contributed by atoms with van der Waals surface area (Å²) in [5.74, 6) is 2.54. The number of rotatable bonds is 10. The van der Waals surface area contributed by atoms with Gasteiger partial charge in [0.15, 0.2) is 5.96 Å². The van der Waals surface area contributed by atoms with Crippen LogP contribution in [-0.2, 0) is 4.74 Å². The number of hydrogen-bond donors (Lipinski definition) is 2. The van der Waals surface area contributed by atoms with Crippen molar-refractivity contribution in [2.75, 3.05) is 72.1 Å². The first-order chi connectivity index (χ1) is 15.2. The van der Waals surface area contributed by atoms with Gasteiger partial charge < -0.3 is 29.7 Å². The van der Waals surface area contributed by atoms with Gasteiger partial charge in [0.2, 0.25) is 0 Å². The minimum absolute atomic E-state index is 0.350. The summed E-state index contributed by atoms with van der Waals surface area (Å²) in [7, 11) is 5.14. The van der Waals surface area contributed by atoms with Gasteiger partial charge in [-0.15, -0.1) is 0 Å². The Morgan fingerprint density at radius 2 is 1.87 bits per heavy atom. The lowest BCUT2D eigenvalue weighted by molar-refractivity contribution is 0.142. The van der Waals surface area contributed by atoms with Crippen molar-refractivity contribution in [2.45, 2.75) is 38.3 Å². The normalized spacial score (nSPS) is 22.1. The van der Waals surface area contributed by atoms with E-state index in [-0.39, 0.29) is 0 Å². The third-order valence-corrected chi connectivity index (χ3v) is 6.12. The van der Waals surface area contributed by atoms with E-state index in [4.69, 9.17) is 19.2 Å². The number of ether oxygens (including phenoxy) is 3. The molecule has 174 valence electrons. The van der Waals surface area contributed by atoms with E-state index in [1.807, 2.05) is 6.07 Å². The van der Waals surface area contributed by atoms with Gasteiger partial charge in [-0.1, -0.05) is 0 Å². The van der Waals surface area contributed by atoms with Crippen molar-refractivity contribution in [2.24, 2.45) is 4.99 Å². The second-order valence-electron chi connectivity index (χ2n) is 8.19. The molecule has 3 rings (SSSR count). The number of methoxy groups -OCH3 is 3. The molecule has 8 heteroatoms. The molecule has 2 aliphatic heterocycles. The van der Waals surface area contributed by atoms with Crippen molar-refractivity contribution in [1.82, 2.24) is 15.5 Å². The van der Waals surface area contributed by atoms with E-state index in [1.165, 1.54) is 12.8 Å². The van der Waals surface area contributed by atoms with Crippen LogP contribution in [0.15, 0.2) is 23.2 Å². The fourth-order valence-electron chi connectivity index (χ4n) is 4.40. The van der Waals surface area contributed by atoms with Crippen LogP contribution in [0.25, 0.3) is 0 Å². The number of nitrogens with one attached hydrogen (secondary N) is 2. The Bertz CT molecular complexity index is 692.